The van der Waals surface area contributed by atoms with Crippen LogP contribution in [-0.2, 0) is 21.4 Å². The predicted molar refractivity (Wildman–Crippen MR) is 133 cm³/mol. The summed E-state index contributed by atoms with van der Waals surface area (Å²) in [4.78, 5) is 24.9. The lowest BCUT2D eigenvalue weighted by atomic mass is 9.31. The van der Waals surface area contributed by atoms with Crippen LogP contribution >= 0.6 is 0 Å². The number of hydrogen-bond acceptors (Lipinski definition) is 3. The molecule has 5 heteroatoms. The molecule has 3 fully saturated rings. The second-order valence-corrected chi connectivity index (χ2v) is 10.5. The minimum Gasteiger partial charge on any atom is -0.480 e. The van der Waals surface area contributed by atoms with Crippen molar-refractivity contribution in [3.63, 3.8) is 0 Å². The van der Waals surface area contributed by atoms with Crippen LogP contribution in [0.4, 0.5) is 4.79 Å². The molecule has 1 atom stereocenters. The maximum absolute atomic E-state index is 12.8. The van der Waals surface area contributed by atoms with Crippen LogP contribution in [0.15, 0.2) is 72.8 Å². The average Bonchev–Trinajstić information content (AvgIpc) is 3.14. The summed E-state index contributed by atoms with van der Waals surface area (Å²) in [5.41, 5.74) is 6.83. The van der Waals surface area contributed by atoms with Gasteiger partial charge in [0.25, 0.3) is 0 Å². The number of alkyl carbamates (subject to hydrolysis) is 1. The number of carbonyl (C=O) groups excluding carboxylic acids is 1. The standard InChI is InChI=1S/C30H29NO4/c1-2-19-11-13-20(14-12-19)29-16-30(17-29,18-29)26(27(32)33)31-28(34)35-15-25-23-9-5-3-7-21(23)22-8-4-6-10-24(22)25/h3-14,25-26H,2,15-18H2,1H3,(H,31,34)(H,32,33). The molecular weight excluding hydrogens is 438 g/mol. The molecule has 3 saturated carbocycles. The molecule has 0 saturated heterocycles. The van der Waals surface area contributed by atoms with Gasteiger partial charge in [0, 0.05) is 11.3 Å². The molecule has 5 nitrogen and oxygen atoms in total. The second kappa shape index (κ2) is 7.98. The van der Waals surface area contributed by atoms with Crippen LogP contribution in [0.25, 0.3) is 11.1 Å². The first-order valence-electron chi connectivity index (χ1n) is 12.4. The van der Waals surface area contributed by atoms with E-state index in [9.17, 15) is 14.7 Å². The van der Waals surface area contributed by atoms with Gasteiger partial charge in [-0.05, 0) is 64.5 Å². The minimum atomic E-state index is -0.992. The van der Waals surface area contributed by atoms with E-state index >= 15 is 0 Å². The molecule has 3 aromatic rings. The van der Waals surface area contributed by atoms with Crippen molar-refractivity contribution in [2.75, 3.05) is 6.61 Å². The number of benzene rings is 3. The third-order valence-electron chi connectivity index (χ3n) is 8.51. The van der Waals surface area contributed by atoms with Crippen molar-refractivity contribution in [3.05, 3.63) is 95.1 Å². The van der Waals surface area contributed by atoms with Crippen molar-refractivity contribution in [3.8, 4) is 11.1 Å². The third kappa shape index (κ3) is 3.36. The molecule has 2 bridgehead atoms. The van der Waals surface area contributed by atoms with Crippen LogP contribution in [0.2, 0.25) is 0 Å². The Morgan fingerprint density at radius 1 is 0.943 bits per heavy atom. The van der Waals surface area contributed by atoms with Crippen molar-refractivity contribution in [1.82, 2.24) is 5.32 Å². The van der Waals surface area contributed by atoms with Crippen LogP contribution in [0.1, 0.15) is 54.4 Å². The number of nitrogens with one attached hydrogen (secondary N) is 1. The fourth-order valence-corrected chi connectivity index (χ4v) is 6.81. The Balaban J connectivity index is 1.11. The zero-order valence-corrected chi connectivity index (χ0v) is 19.8. The summed E-state index contributed by atoms with van der Waals surface area (Å²) in [6, 6.07) is 24.0. The average molecular weight is 468 g/mol. The number of rotatable bonds is 7. The number of hydrogen-bond donors (Lipinski definition) is 2. The molecule has 0 heterocycles. The number of ether oxygens (including phenoxy) is 1. The van der Waals surface area contributed by atoms with Crippen LogP contribution in [0.5, 0.6) is 0 Å². The van der Waals surface area contributed by atoms with Gasteiger partial charge in [0.1, 0.15) is 12.6 Å². The molecule has 0 aliphatic heterocycles. The van der Waals surface area contributed by atoms with Gasteiger partial charge >= 0.3 is 12.1 Å². The zero-order valence-electron chi connectivity index (χ0n) is 19.8. The fraction of sp³-hybridized carbons (Fsp3) is 0.333. The van der Waals surface area contributed by atoms with E-state index in [0.29, 0.717) is 0 Å². The topological polar surface area (TPSA) is 75.6 Å². The lowest BCUT2D eigenvalue weighted by Crippen LogP contribution is -2.73. The molecule has 2 N–H and O–H groups in total. The fourth-order valence-electron chi connectivity index (χ4n) is 6.81. The molecule has 7 rings (SSSR count). The zero-order chi connectivity index (χ0) is 24.2. The van der Waals surface area contributed by atoms with Crippen LogP contribution in [0.3, 0.4) is 0 Å². The minimum absolute atomic E-state index is 0.0549. The van der Waals surface area contributed by atoms with Gasteiger partial charge in [-0.3, -0.25) is 0 Å². The number of carbonyl (C=O) groups is 2. The van der Waals surface area contributed by atoms with Gasteiger partial charge in [-0.1, -0.05) is 79.7 Å². The summed E-state index contributed by atoms with van der Waals surface area (Å²) < 4.78 is 5.62. The summed E-state index contributed by atoms with van der Waals surface area (Å²) in [5.74, 6) is -1.05. The van der Waals surface area contributed by atoms with Crippen molar-refractivity contribution in [2.24, 2.45) is 5.41 Å². The van der Waals surface area contributed by atoms with Crippen molar-refractivity contribution >= 4 is 12.1 Å². The monoisotopic (exact) mass is 467 g/mol. The van der Waals surface area contributed by atoms with Gasteiger partial charge in [-0.15, -0.1) is 0 Å². The molecule has 178 valence electrons. The highest BCUT2D eigenvalue weighted by atomic mass is 16.5. The van der Waals surface area contributed by atoms with Gasteiger partial charge in [-0.25, -0.2) is 9.59 Å². The lowest BCUT2D eigenvalue weighted by molar-refractivity contribution is -0.183. The summed E-state index contributed by atoms with van der Waals surface area (Å²) in [5, 5.41) is 12.6. The molecule has 0 spiro atoms. The number of aryl methyl sites for hydroxylation is 1. The smallest absolute Gasteiger partial charge is 0.407 e. The van der Waals surface area contributed by atoms with Crippen molar-refractivity contribution in [1.29, 1.82) is 0 Å². The van der Waals surface area contributed by atoms with Crippen LogP contribution < -0.4 is 5.32 Å². The Bertz CT molecular complexity index is 1250. The number of aliphatic carboxylic acids is 1. The summed E-state index contributed by atoms with van der Waals surface area (Å²) in [6.07, 6.45) is 2.69. The number of fused-ring (bicyclic) bond motifs is 3. The third-order valence-corrected chi connectivity index (χ3v) is 8.51. The Morgan fingerprint density at radius 3 is 2.06 bits per heavy atom. The molecule has 0 aromatic heterocycles. The summed E-state index contributed by atoms with van der Waals surface area (Å²) >= 11 is 0. The largest absolute Gasteiger partial charge is 0.480 e. The number of carboxylic acid groups (broad SMARTS) is 1. The first kappa shape index (κ1) is 21.9. The van der Waals surface area contributed by atoms with E-state index in [2.05, 4.69) is 60.8 Å². The van der Waals surface area contributed by atoms with Crippen LogP contribution in [-0.4, -0.2) is 29.8 Å². The first-order valence-corrected chi connectivity index (χ1v) is 12.4. The highest BCUT2D eigenvalue weighted by molar-refractivity contribution is 5.82. The van der Waals surface area contributed by atoms with E-state index in [1.165, 1.54) is 11.1 Å². The van der Waals surface area contributed by atoms with E-state index in [0.717, 1.165) is 47.9 Å². The highest BCUT2D eigenvalue weighted by Crippen LogP contribution is 2.75. The molecular formula is C30H29NO4. The quantitative estimate of drug-likeness (QED) is 0.470. The van der Waals surface area contributed by atoms with E-state index in [1.807, 2.05) is 24.3 Å². The SMILES string of the molecule is CCc1ccc(C23CC(C(NC(=O)OCC4c5ccccc5-c5ccccc54)C(=O)O)(C2)C3)cc1. The second-order valence-electron chi connectivity index (χ2n) is 10.5. The molecule has 4 aliphatic rings. The normalized spacial score (nSPS) is 24.4. The van der Waals surface area contributed by atoms with Gasteiger partial charge in [-0.2, -0.15) is 0 Å². The Morgan fingerprint density at radius 2 is 1.51 bits per heavy atom. The maximum atomic E-state index is 12.8. The van der Waals surface area contributed by atoms with Gasteiger partial charge in [0.15, 0.2) is 0 Å². The van der Waals surface area contributed by atoms with E-state index in [-0.39, 0.29) is 23.4 Å². The molecule has 35 heavy (non-hydrogen) atoms. The number of amides is 1. The predicted octanol–water partition coefficient (Wildman–Crippen LogP) is 5.66. The Kier molecular flexibility index (Phi) is 4.99. The first-order chi connectivity index (χ1) is 16.9. The highest BCUT2D eigenvalue weighted by Gasteiger charge is 2.72. The number of carboxylic acids is 1. The molecule has 1 unspecified atom stereocenters. The van der Waals surface area contributed by atoms with E-state index in [4.69, 9.17) is 4.74 Å². The Hall–Kier alpha value is -3.60. The van der Waals surface area contributed by atoms with Gasteiger partial charge in [0.2, 0.25) is 0 Å². The lowest BCUT2D eigenvalue weighted by Gasteiger charge is -2.72. The molecule has 1 amide bonds. The molecule has 4 aliphatic carbocycles. The van der Waals surface area contributed by atoms with E-state index < -0.39 is 18.1 Å². The van der Waals surface area contributed by atoms with Crippen molar-refractivity contribution in [2.45, 2.75) is 50.0 Å². The van der Waals surface area contributed by atoms with Crippen LogP contribution in [0, 0.1) is 5.41 Å². The summed E-state index contributed by atoms with van der Waals surface area (Å²) in [7, 11) is 0. The Labute approximate surface area is 205 Å². The molecule has 0 radical (unpaired) electrons. The maximum Gasteiger partial charge on any atom is 0.407 e. The van der Waals surface area contributed by atoms with Gasteiger partial charge in [0.05, 0.1) is 0 Å². The van der Waals surface area contributed by atoms with E-state index in [1.54, 1.807) is 0 Å². The molecule has 3 aromatic carbocycles. The van der Waals surface area contributed by atoms with Crippen molar-refractivity contribution < 1.29 is 19.4 Å². The summed E-state index contributed by atoms with van der Waals surface area (Å²) in [6.45, 7) is 2.31. The van der Waals surface area contributed by atoms with Gasteiger partial charge < -0.3 is 15.2 Å².